The van der Waals surface area contributed by atoms with E-state index in [4.69, 9.17) is 14.6 Å². The minimum Gasteiger partial charge on any atom is -0.481 e. The third-order valence-corrected chi connectivity index (χ3v) is 6.50. The number of nitrogens with one attached hydrogen (secondary N) is 2. The van der Waals surface area contributed by atoms with E-state index in [1.54, 1.807) is 0 Å². The molecule has 2 aromatic carbocycles. The molecule has 0 radical (unpaired) electrons. The van der Waals surface area contributed by atoms with Gasteiger partial charge in [0.05, 0.1) is 12.0 Å². The Morgan fingerprint density at radius 3 is 2.31 bits per heavy atom. The smallest absolute Gasteiger partial charge is 0.407 e. The maximum atomic E-state index is 12.5. The van der Waals surface area contributed by atoms with Gasteiger partial charge in [-0.05, 0) is 35.6 Å². The first-order valence-corrected chi connectivity index (χ1v) is 11.7. The maximum Gasteiger partial charge on any atom is 0.407 e. The van der Waals surface area contributed by atoms with Gasteiger partial charge in [0, 0.05) is 31.5 Å². The largest absolute Gasteiger partial charge is 0.481 e. The first kappa shape index (κ1) is 24.7. The van der Waals surface area contributed by atoms with Gasteiger partial charge in [0.1, 0.15) is 12.7 Å². The van der Waals surface area contributed by atoms with E-state index in [1.165, 1.54) is 6.92 Å². The number of aliphatic hydroxyl groups is 1. The average molecular weight is 483 g/mol. The highest BCUT2D eigenvalue weighted by Crippen LogP contribution is 2.44. The number of carbonyl (C=O) groups excluding carboxylic acids is 2. The van der Waals surface area contributed by atoms with Gasteiger partial charge in [-0.2, -0.15) is 0 Å². The highest BCUT2D eigenvalue weighted by Gasteiger charge is 2.36. The molecule has 0 spiro atoms. The Labute approximate surface area is 203 Å². The lowest BCUT2D eigenvalue weighted by atomic mass is 9.98. The van der Waals surface area contributed by atoms with Gasteiger partial charge in [0.25, 0.3) is 0 Å². The number of carbonyl (C=O) groups is 3. The summed E-state index contributed by atoms with van der Waals surface area (Å²) in [5.74, 6) is -1.92. The van der Waals surface area contributed by atoms with Crippen LogP contribution in [0, 0.1) is 5.92 Å². The number of ether oxygens (including phenoxy) is 2. The highest BCUT2D eigenvalue weighted by atomic mass is 16.5. The van der Waals surface area contributed by atoms with Crippen LogP contribution in [-0.4, -0.2) is 66.2 Å². The van der Waals surface area contributed by atoms with Crippen molar-refractivity contribution in [1.82, 2.24) is 10.6 Å². The van der Waals surface area contributed by atoms with Crippen LogP contribution in [0.5, 0.6) is 0 Å². The van der Waals surface area contributed by atoms with Crippen molar-refractivity contribution in [1.29, 1.82) is 0 Å². The van der Waals surface area contributed by atoms with Crippen molar-refractivity contribution >= 4 is 18.0 Å². The monoisotopic (exact) mass is 482 g/mol. The van der Waals surface area contributed by atoms with Crippen molar-refractivity contribution in [3.05, 3.63) is 59.7 Å². The molecule has 4 rings (SSSR count). The number of hydrogen-bond donors (Lipinski definition) is 4. The summed E-state index contributed by atoms with van der Waals surface area (Å²) in [5, 5.41) is 24.2. The molecule has 4 N–H and O–H groups in total. The minimum absolute atomic E-state index is 0.0416. The predicted octanol–water partition coefficient (Wildman–Crippen LogP) is 2.27. The molecule has 0 saturated carbocycles. The van der Waals surface area contributed by atoms with E-state index < -0.39 is 36.1 Å². The number of hydrogen-bond acceptors (Lipinski definition) is 6. The Morgan fingerprint density at radius 1 is 1.06 bits per heavy atom. The van der Waals surface area contributed by atoms with Crippen LogP contribution in [-0.2, 0) is 19.1 Å². The summed E-state index contributed by atoms with van der Waals surface area (Å²) in [6.07, 6.45) is -1.29. The van der Waals surface area contributed by atoms with Crippen LogP contribution in [0.15, 0.2) is 48.5 Å². The number of amides is 2. The molecule has 2 amide bonds. The van der Waals surface area contributed by atoms with E-state index in [-0.39, 0.29) is 31.5 Å². The van der Waals surface area contributed by atoms with Crippen molar-refractivity contribution in [2.24, 2.45) is 5.92 Å². The van der Waals surface area contributed by atoms with Crippen LogP contribution in [0.25, 0.3) is 11.1 Å². The van der Waals surface area contributed by atoms with Crippen LogP contribution in [0.3, 0.4) is 0 Å². The Bertz CT molecular complexity index is 1060. The maximum absolute atomic E-state index is 12.5. The molecular formula is C26H30N2O7. The summed E-state index contributed by atoms with van der Waals surface area (Å²) in [6, 6.07) is 16.2. The third kappa shape index (κ3) is 5.80. The second kappa shape index (κ2) is 10.5. The summed E-state index contributed by atoms with van der Waals surface area (Å²) < 4.78 is 11.1. The first-order valence-electron chi connectivity index (χ1n) is 11.7. The molecule has 2 aliphatic rings. The van der Waals surface area contributed by atoms with Crippen molar-refractivity contribution < 1.29 is 34.1 Å². The number of benzene rings is 2. The molecule has 2 aromatic rings. The fourth-order valence-electron chi connectivity index (χ4n) is 4.76. The zero-order valence-corrected chi connectivity index (χ0v) is 19.5. The Kier molecular flexibility index (Phi) is 7.37. The molecule has 1 aliphatic heterocycles. The molecule has 0 aromatic heterocycles. The number of fused-ring (bicyclic) bond motifs is 3. The van der Waals surface area contributed by atoms with Gasteiger partial charge >= 0.3 is 12.1 Å². The molecule has 1 fully saturated rings. The molecule has 1 heterocycles. The second-order valence-corrected chi connectivity index (χ2v) is 9.33. The van der Waals surface area contributed by atoms with Gasteiger partial charge in [-0.3, -0.25) is 9.59 Å². The van der Waals surface area contributed by atoms with Gasteiger partial charge in [-0.25, -0.2) is 4.79 Å². The topological polar surface area (TPSA) is 134 Å². The summed E-state index contributed by atoms with van der Waals surface area (Å²) >= 11 is 0. The van der Waals surface area contributed by atoms with E-state index >= 15 is 0 Å². The average Bonchev–Trinajstić information content (AvgIpc) is 3.42. The van der Waals surface area contributed by atoms with Crippen LogP contribution >= 0.6 is 0 Å². The Balaban J connectivity index is 1.27. The number of alkyl carbamates (subject to hydrolysis) is 1. The molecule has 1 unspecified atom stereocenters. The van der Waals surface area contributed by atoms with E-state index in [1.807, 2.05) is 36.4 Å². The van der Waals surface area contributed by atoms with Gasteiger partial charge in [0.2, 0.25) is 5.91 Å². The van der Waals surface area contributed by atoms with Crippen LogP contribution in [0.4, 0.5) is 4.79 Å². The van der Waals surface area contributed by atoms with E-state index in [2.05, 4.69) is 22.8 Å². The van der Waals surface area contributed by atoms with Crippen LogP contribution < -0.4 is 10.6 Å². The van der Waals surface area contributed by atoms with E-state index in [0.717, 1.165) is 22.3 Å². The van der Waals surface area contributed by atoms with Crippen LogP contribution in [0.2, 0.25) is 0 Å². The standard InChI is InChI=1S/C26H30N2O7/c1-26(33,12-22(29)30)15-28-24(31)23-16(10-11-34-23)13-27-25(32)35-14-21-19-8-4-2-6-17(19)18-7-3-5-9-20(18)21/h2-9,16,21,23,33H,10-15H2,1H3,(H,27,32)(H,28,31)(H,29,30)/t16-,23-,26?/m0/s1. The van der Waals surface area contributed by atoms with Crippen molar-refractivity contribution in [3.63, 3.8) is 0 Å². The first-order chi connectivity index (χ1) is 16.7. The molecule has 1 saturated heterocycles. The fraction of sp³-hybridized carbons (Fsp3) is 0.423. The second-order valence-electron chi connectivity index (χ2n) is 9.33. The van der Waals surface area contributed by atoms with Crippen molar-refractivity contribution in [2.45, 2.75) is 37.4 Å². The Morgan fingerprint density at radius 2 is 1.69 bits per heavy atom. The zero-order chi connectivity index (χ0) is 25.0. The van der Waals surface area contributed by atoms with Gasteiger partial charge < -0.3 is 30.3 Å². The van der Waals surface area contributed by atoms with E-state index in [9.17, 15) is 19.5 Å². The molecule has 1 aliphatic carbocycles. The zero-order valence-electron chi connectivity index (χ0n) is 19.5. The van der Waals surface area contributed by atoms with E-state index in [0.29, 0.717) is 13.0 Å². The normalized spacial score (nSPS) is 20.4. The summed E-state index contributed by atoms with van der Waals surface area (Å²) in [7, 11) is 0. The number of carboxylic acid groups (broad SMARTS) is 1. The lowest BCUT2D eigenvalue weighted by Crippen LogP contribution is -2.48. The number of aliphatic carboxylic acids is 1. The number of rotatable bonds is 9. The molecule has 0 bridgehead atoms. The highest BCUT2D eigenvalue weighted by molar-refractivity contribution is 5.82. The SMILES string of the molecule is CC(O)(CNC(=O)[C@H]1OCC[C@H]1CNC(=O)OCC1c2ccccc2-c2ccccc21)CC(=O)O. The Hall–Kier alpha value is -3.43. The molecule has 35 heavy (non-hydrogen) atoms. The van der Waals surface area contributed by atoms with Crippen molar-refractivity contribution in [3.8, 4) is 11.1 Å². The summed E-state index contributed by atoms with van der Waals surface area (Å²) in [6.45, 7) is 1.88. The van der Waals surface area contributed by atoms with Crippen LogP contribution in [0.1, 0.15) is 36.8 Å². The lowest BCUT2D eigenvalue weighted by Gasteiger charge is -2.24. The molecular weight excluding hydrogens is 452 g/mol. The predicted molar refractivity (Wildman–Crippen MR) is 127 cm³/mol. The third-order valence-electron chi connectivity index (χ3n) is 6.50. The quantitative estimate of drug-likeness (QED) is 0.431. The van der Waals surface area contributed by atoms with Crippen molar-refractivity contribution in [2.75, 3.05) is 26.3 Å². The van der Waals surface area contributed by atoms with Gasteiger partial charge in [0.15, 0.2) is 0 Å². The van der Waals surface area contributed by atoms with Gasteiger partial charge in [-0.1, -0.05) is 48.5 Å². The molecule has 9 nitrogen and oxygen atoms in total. The summed E-state index contributed by atoms with van der Waals surface area (Å²) in [5.41, 5.74) is 2.98. The number of carboxylic acids is 1. The van der Waals surface area contributed by atoms with Gasteiger partial charge in [-0.15, -0.1) is 0 Å². The summed E-state index contributed by atoms with van der Waals surface area (Å²) in [4.78, 5) is 35.8. The molecule has 3 atom stereocenters. The molecule has 9 heteroatoms. The molecule has 186 valence electrons. The minimum atomic E-state index is -1.57. The fourth-order valence-corrected chi connectivity index (χ4v) is 4.76. The lowest BCUT2D eigenvalue weighted by molar-refractivity contribution is -0.143.